The summed E-state index contributed by atoms with van der Waals surface area (Å²) in [4.78, 5) is 11.6. The second-order valence-electron chi connectivity index (χ2n) is 4.96. The number of ether oxygens (including phenoxy) is 1. The highest BCUT2D eigenvalue weighted by atomic mass is 79.9. The molecule has 2 rings (SSSR count). The Morgan fingerprint density at radius 3 is 3.00 bits per heavy atom. The van der Waals surface area contributed by atoms with Crippen LogP contribution in [0.3, 0.4) is 0 Å². The molecule has 1 aromatic rings. The van der Waals surface area contributed by atoms with Crippen LogP contribution >= 0.6 is 15.9 Å². The SMILES string of the molecule is O=C(CCOc1ccc(Br)cc1F)NCC1CNCC1O. The van der Waals surface area contributed by atoms with Gasteiger partial charge in [0, 0.05) is 30.0 Å². The van der Waals surface area contributed by atoms with Crippen molar-refractivity contribution >= 4 is 21.8 Å². The van der Waals surface area contributed by atoms with E-state index in [0.717, 1.165) is 0 Å². The number of benzene rings is 1. The second-order valence-corrected chi connectivity index (χ2v) is 5.88. The molecule has 0 radical (unpaired) electrons. The van der Waals surface area contributed by atoms with Crippen molar-refractivity contribution in [2.75, 3.05) is 26.2 Å². The third kappa shape index (κ3) is 4.94. The molecule has 1 saturated heterocycles. The van der Waals surface area contributed by atoms with Crippen molar-refractivity contribution in [1.82, 2.24) is 10.6 Å². The molecule has 0 aliphatic carbocycles. The van der Waals surface area contributed by atoms with E-state index < -0.39 is 11.9 Å². The van der Waals surface area contributed by atoms with Crippen LogP contribution < -0.4 is 15.4 Å². The van der Waals surface area contributed by atoms with E-state index in [-0.39, 0.29) is 30.6 Å². The Morgan fingerprint density at radius 2 is 2.33 bits per heavy atom. The van der Waals surface area contributed by atoms with Crippen LogP contribution in [0.1, 0.15) is 6.42 Å². The van der Waals surface area contributed by atoms with E-state index in [1.54, 1.807) is 6.07 Å². The van der Waals surface area contributed by atoms with E-state index in [1.807, 2.05) is 0 Å². The Kier molecular flexibility index (Phi) is 5.96. The van der Waals surface area contributed by atoms with E-state index in [2.05, 4.69) is 26.6 Å². The first-order valence-electron chi connectivity index (χ1n) is 6.79. The van der Waals surface area contributed by atoms with Crippen molar-refractivity contribution in [2.45, 2.75) is 12.5 Å². The zero-order chi connectivity index (χ0) is 15.2. The highest BCUT2D eigenvalue weighted by molar-refractivity contribution is 9.10. The molecule has 5 nitrogen and oxygen atoms in total. The van der Waals surface area contributed by atoms with Gasteiger partial charge < -0.3 is 20.5 Å². The first-order chi connectivity index (χ1) is 10.1. The minimum absolute atomic E-state index is 0.0405. The van der Waals surface area contributed by atoms with Crippen LogP contribution in [-0.4, -0.2) is 43.4 Å². The molecular formula is C14H18BrFN2O3. The van der Waals surface area contributed by atoms with Gasteiger partial charge in [0.1, 0.15) is 0 Å². The minimum atomic E-state index is -0.468. The highest BCUT2D eigenvalue weighted by Crippen LogP contribution is 2.21. The van der Waals surface area contributed by atoms with Crippen LogP contribution in [0, 0.1) is 11.7 Å². The summed E-state index contributed by atoms with van der Waals surface area (Å²) in [5.41, 5.74) is 0. The van der Waals surface area contributed by atoms with E-state index in [1.165, 1.54) is 12.1 Å². The van der Waals surface area contributed by atoms with Gasteiger partial charge in [-0.05, 0) is 18.2 Å². The molecule has 1 aromatic carbocycles. The molecule has 0 aromatic heterocycles. The molecule has 21 heavy (non-hydrogen) atoms. The maximum atomic E-state index is 13.5. The van der Waals surface area contributed by atoms with Crippen molar-refractivity contribution in [3.63, 3.8) is 0 Å². The van der Waals surface area contributed by atoms with Gasteiger partial charge in [-0.25, -0.2) is 4.39 Å². The summed E-state index contributed by atoms with van der Waals surface area (Å²) >= 11 is 3.16. The lowest BCUT2D eigenvalue weighted by Crippen LogP contribution is -2.34. The summed E-state index contributed by atoms with van der Waals surface area (Å²) in [6.07, 6.45) is -0.274. The van der Waals surface area contributed by atoms with E-state index >= 15 is 0 Å². The van der Waals surface area contributed by atoms with Crippen molar-refractivity contribution in [3.05, 3.63) is 28.5 Å². The van der Waals surface area contributed by atoms with Crippen LogP contribution in [0.2, 0.25) is 0 Å². The van der Waals surface area contributed by atoms with Gasteiger partial charge in [0.15, 0.2) is 11.6 Å². The smallest absolute Gasteiger partial charge is 0.223 e. The van der Waals surface area contributed by atoms with Gasteiger partial charge in [-0.1, -0.05) is 15.9 Å². The predicted molar refractivity (Wildman–Crippen MR) is 79.6 cm³/mol. The maximum absolute atomic E-state index is 13.5. The summed E-state index contributed by atoms with van der Waals surface area (Å²) in [7, 11) is 0. The first kappa shape index (κ1) is 16.2. The number of aliphatic hydroxyl groups excluding tert-OH is 1. The van der Waals surface area contributed by atoms with Gasteiger partial charge in [-0.15, -0.1) is 0 Å². The van der Waals surface area contributed by atoms with Crippen LogP contribution in [0.25, 0.3) is 0 Å². The van der Waals surface area contributed by atoms with Crippen LogP contribution in [-0.2, 0) is 4.79 Å². The van der Waals surface area contributed by atoms with Gasteiger partial charge in [-0.3, -0.25) is 4.79 Å². The summed E-state index contributed by atoms with van der Waals surface area (Å²) in [6, 6.07) is 4.49. The molecule has 1 fully saturated rings. The van der Waals surface area contributed by atoms with Gasteiger partial charge in [0.05, 0.1) is 19.1 Å². The standard InChI is InChI=1S/C14H18BrFN2O3/c15-10-1-2-13(11(16)5-10)21-4-3-14(20)18-7-9-6-17-8-12(9)19/h1-2,5,9,12,17,19H,3-4,6-8H2,(H,18,20). The molecule has 7 heteroatoms. The number of aliphatic hydroxyl groups is 1. The number of hydrogen-bond donors (Lipinski definition) is 3. The number of carbonyl (C=O) groups excluding carboxylic acids is 1. The average Bonchev–Trinajstić information content (AvgIpc) is 2.84. The fraction of sp³-hybridized carbons (Fsp3) is 0.500. The lowest BCUT2D eigenvalue weighted by molar-refractivity contribution is -0.121. The molecule has 1 amide bonds. The zero-order valence-corrected chi connectivity index (χ0v) is 13.0. The Labute approximate surface area is 131 Å². The molecule has 0 spiro atoms. The first-order valence-corrected chi connectivity index (χ1v) is 7.59. The molecule has 3 N–H and O–H groups in total. The number of β-amino-alcohol motifs (C(OH)–C–C–N with tert-alkyl or cyclic N) is 1. The normalized spacial score (nSPS) is 21.3. The lowest BCUT2D eigenvalue weighted by atomic mass is 10.1. The zero-order valence-electron chi connectivity index (χ0n) is 11.4. The largest absolute Gasteiger partial charge is 0.490 e. The Morgan fingerprint density at radius 1 is 1.52 bits per heavy atom. The van der Waals surface area contributed by atoms with E-state index in [9.17, 15) is 14.3 Å². The fourth-order valence-corrected chi connectivity index (χ4v) is 2.44. The van der Waals surface area contributed by atoms with E-state index in [0.29, 0.717) is 24.1 Å². The molecule has 0 saturated carbocycles. The second kappa shape index (κ2) is 7.72. The maximum Gasteiger partial charge on any atom is 0.223 e. The van der Waals surface area contributed by atoms with Crippen LogP contribution in [0.4, 0.5) is 4.39 Å². The van der Waals surface area contributed by atoms with Gasteiger partial charge in [0.2, 0.25) is 5.91 Å². The molecule has 116 valence electrons. The summed E-state index contributed by atoms with van der Waals surface area (Å²) in [6.45, 7) is 1.80. The summed E-state index contributed by atoms with van der Waals surface area (Å²) in [5, 5.41) is 15.4. The number of rotatable bonds is 6. The molecule has 2 unspecified atom stereocenters. The molecular weight excluding hydrogens is 343 g/mol. The lowest BCUT2D eigenvalue weighted by Gasteiger charge is -2.14. The molecule has 2 atom stereocenters. The van der Waals surface area contributed by atoms with Crippen molar-refractivity contribution in [1.29, 1.82) is 0 Å². The van der Waals surface area contributed by atoms with Crippen molar-refractivity contribution in [2.24, 2.45) is 5.92 Å². The number of hydrogen-bond acceptors (Lipinski definition) is 4. The number of amides is 1. The van der Waals surface area contributed by atoms with Crippen molar-refractivity contribution in [3.8, 4) is 5.75 Å². The third-order valence-corrected chi connectivity index (χ3v) is 3.84. The Hall–Kier alpha value is -1.18. The van der Waals surface area contributed by atoms with E-state index in [4.69, 9.17) is 4.74 Å². The van der Waals surface area contributed by atoms with Crippen molar-refractivity contribution < 1.29 is 19.0 Å². The third-order valence-electron chi connectivity index (χ3n) is 3.35. The monoisotopic (exact) mass is 360 g/mol. The summed E-state index contributed by atoms with van der Waals surface area (Å²) in [5.74, 6) is -0.475. The topological polar surface area (TPSA) is 70.6 Å². The van der Waals surface area contributed by atoms with Gasteiger partial charge in [-0.2, -0.15) is 0 Å². The minimum Gasteiger partial charge on any atom is -0.490 e. The Balaban J connectivity index is 1.67. The number of nitrogens with one attached hydrogen (secondary N) is 2. The molecule has 1 aliphatic rings. The number of carbonyl (C=O) groups is 1. The predicted octanol–water partition coefficient (Wildman–Crippen LogP) is 1.05. The molecule has 0 bridgehead atoms. The van der Waals surface area contributed by atoms with Crippen LogP contribution in [0.15, 0.2) is 22.7 Å². The Bertz CT molecular complexity index is 501. The fourth-order valence-electron chi connectivity index (χ4n) is 2.11. The van der Waals surface area contributed by atoms with Crippen LogP contribution in [0.5, 0.6) is 5.75 Å². The average molecular weight is 361 g/mol. The van der Waals surface area contributed by atoms with Gasteiger partial charge in [0.25, 0.3) is 0 Å². The summed E-state index contributed by atoms with van der Waals surface area (Å²) < 4.78 is 19.4. The van der Waals surface area contributed by atoms with Gasteiger partial charge >= 0.3 is 0 Å². The highest BCUT2D eigenvalue weighted by Gasteiger charge is 2.24. The number of halogens is 2. The quantitative estimate of drug-likeness (QED) is 0.709. The molecule has 1 aliphatic heterocycles. The molecule has 1 heterocycles.